The summed E-state index contributed by atoms with van der Waals surface area (Å²) in [5, 5.41) is 0. The fourth-order valence-corrected chi connectivity index (χ4v) is 2.45. The molecule has 1 fully saturated rings. The molecule has 0 N–H and O–H groups in total. The number of carbonyl (C=O) groups is 1. The van der Waals surface area contributed by atoms with Crippen LogP contribution in [0.25, 0.3) is 0 Å². The van der Waals surface area contributed by atoms with E-state index in [1.54, 1.807) is 0 Å². The molecular weight excluding hydrogens is 230 g/mol. The second-order valence-corrected chi connectivity index (χ2v) is 5.61. The number of thiol groups is 1. The Balaban J connectivity index is 2.04. The number of benzene rings is 1. The molecule has 0 radical (unpaired) electrons. The van der Waals surface area contributed by atoms with Crippen LogP contribution in [0.1, 0.15) is 30.6 Å². The smallest absolute Gasteiger partial charge is 0.253 e. The lowest BCUT2D eigenvalue weighted by molar-refractivity contribution is 0.0784. The van der Waals surface area contributed by atoms with Crippen molar-refractivity contribution < 1.29 is 4.79 Å². The molecule has 1 heterocycles. The van der Waals surface area contributed by atoms with Crippen LogP contribution in [0, 0.1) is 11.8 Å². The molecule has 1 amide bonds. The molecule has 1 aromatic carbocycles. The molecule has 0 aromatic heterocycles. The summed E-state index contributed by atoms with van der Waals surface area (Å²) in [7, 11) is 0. The van der Waals surface area contributed by atoms with Crippen molar-refractivity contribution >= 4 is 18.5 Å². The van der Waals surface area contributed by atoms with Gasteiger partial charge in [0.25, 0.3) is 5.91 Å². The van der Waals surface area contributed by atoms with Crippen LogP contribution in [-0.4, -0.2) is 23.9 Å². The first-order valence-corrected chi connectivity index (χ1v) is 6.61. The Morgan fingerprint density at radius 2 is 2.00 bits per heavy atom. The van der Waals surface area contributed by atoms with E-state index in [4.69, 9.17) is 0 Å². The number of amides is 1. The SMILES string of the molecule is CC(C)C1CCN(C(=O)c2ccc(S)cc2)C1. The van der Waals surface area contributed by atoms with Gasteiger partial charge in [-0.15, -0.1) is 12.6 Å². The van der Waals surface area contributed by atoms with Crippen molar-refractivity contribution in [2.45, 2.75) is 25.2 Å². The van der Waals surface area contributed by atoms with Crippen molar-refractivity contribution in [3.8, 4) is 0 Å². The molecule has 1 aromatic rings. The topological polar surface area (TPSA) is 20.3 Å². The molecule has 1 unspecified atom stereocenters. The van der Waals surface area contributed by atoms with Gasteiger partial charge in [-0.3, -0.25) is 4.79 Å². The summed E-state index contributed by atoms with van der Waals surface area (Å²) in [6, 6.07) is 7.44. The molecule has 1 aliphatic heterocycles. The molecule has 17 heavy (non-hydrogen) atoms. The van der Waals surface area contributed by atoms with Gasteiger partial charge < -0.3 is 4.90 Å². The van der Waals surface area contributed by atoms with E-state index in [0.29, 0.717) is 11.8 Å². The fourth-order valence-electron chi connectivity index (χ4n) is 2.30. The number of rotatable bonds is 2. The third-order valence-corrected chi connectivity index (χ3v) is 3.87. The summed E-state index contributed by atoms with van der Waals surface area (Å²) >= 11 is 4.23. The van der Waals surface area contributed by atoms with Crippen LogP contribution in [0.3, 0.4) is 0 Å². The highest BCUT2D eigenvalue weighted by Crippen LogP contribution is 2.25. The van der Waals surface area contributed by atoms with Crippen LogP contribution >= 0.6 is 12.6 Å². The van der Waals surface area contributed by atoms with Crippen molar-refractivity contribution in [1.82, 2.24) is 4.90 Å². The highest BCUT2D eigenvalue weighted by atomic mass is 32.1. The molecule has 2 rings (SSSR count). The molecule has 2 nitrogen and oxygen atoms in total. The van der Waals surface area contributed by atoms with Gasteiger partial charge >= 0.3 is 0 Å². The second kappa shape index (κ2) is 5.13. The van der Waals surface area contributed by atoms with Crippen molar-refractivity contribution in [1.29, 1.82) is 0 Å². The number of likely N-dealkylation sites (tertiary alicyclic amines) is 1. The summed E-state index contributed by atoms with van der Waals surface area (Å²) in [6.07, 6.45) is 1.13. The first-order chi connectivity index (χ1) is 8.08. The largest absolute Gasteiger partial charge is 0.338 e. The van der Waals surface area contributed by atoms with Crippen molar-refractivity contribution in [2.75, 3.05) is 13.1 Å². The van der Waals surface area contributed by atoms with E-state index in [2.05, 4.69) is 26.5 Å². The zero-order valence-corrected chi connectivity index (χ0v) is 11.3. The minimum absolute atomic E-state index is 0.154. The maximum absolute atomic E-state index is 12.2. The monoisotopic (exact) mass is 249 g/mol. The standard InChI is InChI=1S/C14H19NOS/c1-10(2)12-7-8-15(9-12)14(16)11-3-5-13(17)6-4-11/h3-6,10,12,17H,7-9H2,1-2H3. The molecule has 0 aliphatic carbocycles. The van der Waals surface area contributed by atoms with Gasteiger partial charge in [-0.2, -0.15) is 0 Å². The van der Waals surface area contributed by atoms with Crippen LogP contribution in [-0.2, 0) is 0 Å². The van der Waals surface area contributed by atoms with Gasteiger partial charge in [0, 0.05) is 23.5 Å². The molecule has 92 valence electrons. The third kappa shape index (κ3) is 2.83. The lowest BCUT2D eigenvalue weighted by Crippen LogP contribution is -2.29. The van der Waals surface area contributed by atoms with E-state index >= 15 is 0 Å². The van der Waals surface area contributed by atoms with Crippen LogP contribution in [0.15, 0.2) is 29.2 Å². The molecule has 0 spiro atoms. The molecular formula is C14H19NOS. The molecule has 1 saturated heterocycles. The van der Waals surface area contributed by atoms with Gasteiger partial charge in [0.2, 0.25) is 0 Å². The highest BCUT2D eigenvalue weighted by molar-refractivity contribution is 7.80. The number of hydrogen-bond acceptors (Lipinski definition) is 2. The lowest BCUT2D eigenvalue weighted by Gasteiger charge is -2.18. The van der Waals surface area contributed by atoms with E-state index in [1.165, 1.54) is 0 Å². The van der Waals surface area contributed by atoms with E-state index in [1.807, 2.05) is 29.2 Å². The Bertz CT molecular complexity index is 399. The summed E-state index contributed by atoms with van der Waals surface area (Å²) < 4.78 is 0. The van der Waals surface area contributed by atoms with E-state index < -0.39 is 0 Å². The average Bonchev–Trinajstić information content (AvgIpc) is 2.78. The Labute approximate surface area is 108 Å². The zero-order valence-electron chi connectivity index (χ0n) is 10.4. The van der Waals surface area contributed by atoms with Crippen LogP contribution in [0.5, 0.6) is 0 Å². The minimum atomic E-state index is 0.154. The fraction of sp³-hybridized carbons (Fsp3) is 0.500. The van der Waals surface area contributed by atoms with Gasteiger partial charge in [-0.05, 0) is 42.5 Å². The van der Waals surface area contributed by atoms with E-state index in [9.17, 15) is 4.79 Å². The summed E-state index contributed by atoms with van der Waals surface area (Å²) in [6.45, 7) is 6.26. The minimum Gasteiger partial charge on any atom is -0.338 e. The zero-order chi connectivity index (χ0) is 12.4. The first kappa shape index (κ1) is 12.5. The van der Waals surface area contributed by atoms with E-state index in [0.717, 1.165) is 30.0 Å². The van der Waals surface area contributed by atoms with Crippen molar-refractivity contribution in [3.05, 3.63) is 29.8 Å². The van der Waals surface area contributed by atoms with Gasteiger partial charge in [-0.25, -0.2) is 0 Å². The summed E-state index contributed by atoms with van der Waals surface area (Å²) in [4.78, 5) is 15.1. The van der Waals surface area contributed by atoms with Crippen LogP contribution in [0.2, 0.25) is 0 Å². The van der Waals surface area contributed by atoms with Crippen LogP contribution < -0.4 is 0 Å². The number of hydrogen-bond donors (Lipinski definition) is 1. The quantitative estimate of drug-likeness (QED) is 0.799. The molecule has 0 saturated carbocycles. The Morgan fingerprint density at radius 3 is 2.53 bits per heavy atom. The van der Waals surface area contributed by atoms with E-state index in [-0.39, 0.29) is 5.91 Å². The predicted octanol–water partition coefficient (Wildman–Crippen LogP) is 3.09. The molecule has 0 bridgehead atoms. The summed E-state index contributed by atoms with van der Waals surface area (Å²) in [5.74, 6) is 1.47. The first-order valence-electron chi connectivity index (χ1n) is 6.16. The maximum atomic E-state index is 12.2. The summed E-state index contributed by atoms with van der Waals surface area (Å²) in [5.41, 5.74) is 0.771. The highest BCUT2D eigenvalue weighted by Gasteiger charge is 2.28. The maximum Gasteiger partial charge on any atom is 0.253 e. The predicted molar refractivity (Wildman–Crippen MR) is 72.5 cm³/mol. The number of carbonyl (C=O) groups excluding carboxylic acids is 1. The third-order valence-electron chi connectivity index (χ3n) is 3.57. The normalized spacial score (nSPS) is 20.0. The van der Waals surface area contributed by atoms with Crippen LogP contribution in [0.4, 0.5) is 0 Å². The average molecular weight is 249 g/mol. The Kier molecular flexibility index (Phi) is 3.77. The Morgan fingerprint density at radius 1 is 1.35 bits per heavy atom. The van der Waals surface area contributed by atoms with Crippen molar-refractivity contribution in [2.24, 2.45) is 11.8 Å². The lowest BCUT2D eigenvalue weighted by atomic mass is 9.95. The number of nitrogens with zero attached hydrogens (tertiary/aromatic N) is 1. The molecule has 3 heteroatoms. The molecule has 1 aliphatic rings. The van der Waals surface area contributed by atoms with Gasteiger partial charge in [0.1, 0.15) is 0 Å². The molecule has 1 atom stereocenters. The van der Waals surface area contributed by atoms with Gasteiger partial charge in [0.05, 0.1) is 0 Å². The van der Waals surface area contributed by atoms with Gasteiger partial charge in [-0.1, -0.05) is 13.8 Å². The van der Waals surface area contributed by atoms with Crippen molar-refractivity contribution in [3.63, 3.8) is 0 Å². The van der Waals surface area contributed by atoms with Gasteiger partial charge in [0.15, 0.2) is 0 Å². The Hall–Kier alpha value is -0.960. The second-order valence-electron chi connectivity index (χ2n) is 5.09.